The number of H-pyrrole nitrogens is 2. The Morgan fingerprint density at radius 3 is 1.49 bits per heavy atom. The largest absolute Gasteiger partial charge is 0.378 e. The molecule has 6 aromatic rings. The first-order valence-corrected chi connectivity index (χ1v) is 15.6. The fourth-order valence-corrected chi connectivity index (χ4v) is 6.06. The molecule has 0 unspecified atom stereocenters. The number of fused-ring (bicyclic) bond motifs is 8. The van der Waals surface area contributed by atoms with Crippen LogP contribution in [0.5, 0.6) is 0 Å². The van der Waals surface area contributed by atoms with Crippen LogP contribution in [0.4, 0.5) is 5.69 Å². The normalized spacial score (nSPS) is 11.7. The third-order valence-corrected chi connectivity index (χ3v) is 8.41. The van der Waals surface area contributed by atoms with E-state index in [1.54, 1.807) is 0 Å². The van der Waals surface area contributed by atoms with Crippen LogP contribution in [0.15, 0.2) is 115 Å². The Morgan fingerprint density at radius 2 is 1.00 bits per heavy atom. The predicted octanol–water partition coefficient (Wildman–Crippen LogP) is 9.46. The number of hydrogen-bond donors (Lipinski definition) is 2. The second-order valence-corrected chi connectivity index (χ2v) is 11.8. The molecule has 224 valence electrons. The van der Waals surface area contributed by atoms with Crippen LogP contribution in [0.25, 0.3) is 68.6 Å². The van der Waals surface area contributed by atoms with Gasteiger partial charge in [-0.15, -0.1) is 0 Å². The summed E-state index contributed by atoms with van der Waals surface area (Å²) in [6, 6.07) is 39.7. The first-order valence-electron chi connectivity index (χ1n) is 15.6. The van der Waals surface area contributed by atoms with Crippen molar-refractivity contribution in [3.8, 4) is 34.1 Å². The van der Waals surface area contributed by atoms with Crippen LogP contribution >= 0.6 is 0 Å². The molecule has 3 aromatic heterocycles. The molecule has 3 aromatic carbocycles. The van der Waals surface area contributed by atoms with E-state index < -0.39 is 0 Å². The Kier molecular flexibility index (Phi) is 7.09. The Bertz CT molecular complexity index is 2280. The lowest BCUT2D eigenvalue weighted by Gasteiger charge is -2.11. The molecule has 0 spiro atoms. The molecule has 2 aliphatic heterocycles. The van der Waals surface area contributed by atoms with Gasteiger partial charge in [-0.3, -0.25) is 0 Å². The Hall–Kier alpha value is -6.38. The van der Waals surface area contributed by atoms with Gasteiger partial charge in [-0.2, -0.15) is 0 Å². The quantitative estimate of drug-likeness (QED) is 0.197. The highest BCUT2D eigenvalue weighted by molar-refractivity contribution is 5.94. The van der Waals surface area contributed by atoms with Gasteiger partial charge in [-0.25, -0.2) is 9.97 Å². The molecule has 2 aliphatic rings. The van der Waals surface area contributed by atoms with E-state index in [1.165, 1.54) is 0 Å². The number of aromatic amines is 2. The molecule has 0 amide bonds. The predicted molar refractivity (Wildman–Crippen MR) is 196 cm³/mol. The van der Waals surface area contributed by atoms with E-state index in [0.717, 1.165) is 83.9 Å². The van der Waals surface area contributed by atoms with Crippen molar-refractivity contribution in [2.24, 2.45) is 0 Å². The van der Waals surface area contributed by atoms with Crippen molar-refractivity contribution in [2.45, 2.75) is 0 Å². The molecule has 47 heavy (non-hydrogen) atoms. The molecule has 0 radical (unpaired) electrons. The summed E-state index contributed by atoms with van der Waals surface area (Å²) in [5, 5.41) is 0. The number of hydrogen-bond acceptors (Lipinski definition) is 3. The summed E-state index contributed by atoms with van der Waals surface area (Å²) in [5.74, 6) is 6.88. The topological polar surface area (TPSA) is 60.6 Å². The van der Waals surface area contributed by atoms with Crippen LogP contribution in [0.2, 0.25) is 0 Å². The summed E-state index contributed by atoms with van der Waals surface area (Å²) in [6.07, 6.45) is 8.27. The van der Waals surface area contributed by atoms with Gasteiger partial charge in [0.1, 0.15) is 0 Å². The number of benzene rings is 3. The fraction of sp³-hybridized carbons (Fsp3) is 0.0476. The molecule has 2 N–H and O–H groups in total. The zero-order chi connectivity index (χ0) is 31.7. The van der Waals surface area contributed by atoms with Crippen molar-refractivity contribution in [3.63, 3.8) is 0 Å². The molecule has 5 heteroatoms. The van der Waals surface area contributed by atoms with Gasteiger partial charge in [0.05, 0.1) is 28.3 Å². The third-order valence-electron chi connectivity index (χ3n) is 8.41. The maximum atomic E-state index is 5.22. The molecule has 0 aliphatic carbocycles. The van der Waals surface area contributed by atoms with Gasteiger partial charge in [0.15, 0.2) is 0 Å². The van der Waals surface area contributed by atoms with E-state index in [0.29, 0.717) is 0 Å². The fourth-order valence-electron chi connectivity index (χ4n) is 6.06. The maximum absolute atomic E-state index is 5.22. The Labute approximate surface area is 273 Å². The number of nitrogens with zero attached hydrogens (tertiary/aromatic N) is 3. The number of aromatic nitrogens is 4. The first-order chi connectivity index (χ1) is 23.1. The highest BCUT2D eigenvalue weighted by atomic mass is 15.1. The second-order valence-electron chi connectivity index (χ2n) is 11.8. The zero-order valence-electron chi connectivity index (χ0n) is 26.1. The molecular formula is C42H31N5. The second kappa shape index (κ2) is 11.8. The Morgan fingerprint density at radius 1 is 0.511 bits per heavy atom. The van der Waals surface area contributed by atoms with Gasteiger partial charge >= 0.3 is 0 Å². The van der Waals surface area contributed by atoms with Gasteiger partial charge in [-0.1, -0.05) is 72.5 Å². The van der Waals surface area contributed by atoms with Crippen molar-refractivity contribution >= 4 is 52.1 Å². The lowest BCUT2D eigenvalue weighted by atomic mass is 10.0. The molecule has 0 saturated carbocycles. The average Bonchev–Trinajstić information content (AvgIpc) is 3.93. The monoisotopic (exact) mass is 605 g/mol. The van der Waals surface area contributed by atoms with Crippen LogP contribution in [-0.4, -0.2) is 34.0 Å². The molecule has 8 rings (SSSR count). The van der Waals surface area contributed by atoms with Crippen molar-refractivity contribution < 1.29 is 0 Å². The standard InChI is InChI=1S/C42H31N5/c1-47(2)33-18-13-28(14-19-33)15-20-34-35-23-25-39(45-35)41(29-9-5-3-6-10-29)37-21-16-31(43-37)27-32-17-22-38(44-32)42(30-11-7-4-8-12-30)40-26-24-36(34)46-40/h3-14,16-19,21-27,43-44H,1-2H3. The summed E-state index contributed by atoms with van der Waals surface area (Å²) in [6.45, 7) is 0. The molecular weight excluding hydrogens is 574 g/mol. The number of rotatable bonds is 3. The highest BCUT2D eigenvalue weighted by Gasteiger charge is 2.16. The van der Waals surface area contributed by atoms with E-state index in [4.69, 9.17) is 9.97 Å². The molecule has 0 fully saturated rings. The summed E-state index contributed by atoms with van der Waals surface area (Å²) in [4.78, 5) is 19.8. The summed E-state index contributed by atoms with van der Waals surface area (Å²) in [5.41, 5.74) is 14.3. The minimum absolute atomic E-state index is 0.777. The van der Waals surface area contributed by atoms with E-state index in [1.807, 2.05) is 26.2 Å². The van der Waals surface area contributed by atoms with Crippen LogP contribution < -0.4 is 4.90 Å². The van der Waals surface area contributed by atoms with Gasteiger partial charge in [0.2, 0.25) is 0 Å². The van der Waals surface area contributed by atoms with E-state index in [-0.39, 0.29) is 0 Å². The lowest BCUT2D eigenvalue weighted by molar-refractivity contribution is 1.13. The zero-order valence-corrected chi connectivity index (χ0v) is 26.1. The van der Waals surface area contributed by atoms with Crippen LogP contribution in [0.1, 0.15) is 33.9 Å². The van der Waals surface area contributed by atoms with Gasteiger partial charge in [0, 0.05) is 58.5 Å². The molecule has 0 saturated heterocycles. The molecule has 5 nitrogen and oxygen atoms in total. The summed E-state index contributed by atoms with van der Waals surface area (Å²) < 4.78 is 0. The minimum Gasteiger partial charge on any atom is -0.378 e. The molecule has 0 atom stereocenters. The van der Waals surface area contributed by atoms with E-state index >= 15 is 0 Å². The number of nitrogens with one attached hydrogen (secondary N) is 2. The van der Waals surface area contributed by atoms with Crippen molar-refractivity contribution in [2.75, 3.05) is 19.0 Å². The van der Waals surface area contributed by atoms with Crippen LogP contribution in [0.3, 0.4) is 0 Å². The van der Waals surface area contributed by atoms with Gasteiger partial charge in [0.25, 0.3) is 0 Å². The third kappa shape index (κ3) is 5.54. The van der Waals surface area contributed by atoms with Gasteiger partial charge in [-0.05, 0) is 90.0 Å². The van der Waals surface area contributed by atoms with E-state index in [9.17, 15) is 0 Å². The minimum atomic E-state index is 0.777. The van der Waals surface area contributed by atoms with E-state index in [2.05, 4.69) is 154 Å². The SMILES string of the molecule is CN(C)c1ccc(C#Cc2c3nc(c(-c4ccccc4)c4ccc(cc5ccc([nH]5)c(-c5ccccc5)c5nc2C=C5)[nH]4)C=C3)cc1. The van der Waals surface area contributed by atoms with Crippen LogP contribution in [-0.2, 0) is 0 Å². The highest BCUT2D eigenvalue weighted by Crippen LogP contribution is 2.33. The smallest absolute Gasteiger partial charge is 0.0816 e. The lowest BCUT2D eigenvalue weighted by Crippen LogP contribution is -2.07. The Balaban J connectivity index is 1.46. The average molecular weight is 606 g/mol. The summed E-state index contributed by atoms with van der Waals surface area (Å²) in [7, 11) is 4.07. The van der Waals surface area contributed by atoms with Crippen molar-refractivity contribution in [1.29, 1.82) is 0 Å². The van der Waals surface area contributed by atoms with Crippen molar-refractivity contribution in [1.82, 2.24) is 19.9 Å². The molecule has 5 heterocycles. The summed E-state index contributed by atoms with van der Waals surface area (Å²) >= 11 is 0. The molecule has 8 bridgehead atoms. The number of anilines is 1. The maximum Gasteiger partial charge on any atom is 0.0816 e. The van der Waals surface area contributed by atoms with Crippen LogP contribution in [0, 0.1) is 11.8 Å². The van der Waals surface area contributed by atoms with Crippen molar-refractivity contribution in [3.05, 3.63) is 149 Å². The van der Waals surface area contributed by atoms with Gasteiger partial charge < -0.3 is 14.9 Å². The first kappa shape index (κ1) is 28.1.